The highest BCUT2D eigenvalue weighted by Crippen LogP contribution is 2.21. The number of carbonyl (C=O) groups excluding carboxylic acids is 1. The minimum Gasteiger partial charge on any atom is -0.345 e. The minimum absolute atomic E-state index is 0.258. The highest BCUT2D eigenvalue weighted by Gasteiger charge is 2.18. The first-order chi connectivity index (χ1) is 10.3. The standard InChI is InChI=1S/C18H19F2NO/c1-10-7-11(2)17(12(3)8-10)18(22)21-13(4)15-6-5-14(19)9-16(15)20/h5-9,13H,1-4H3,(H,21,22). The van der Waals surface area contributed by atoms with Crippen molar-refractivity contribution in [3.63, 3.8) is 0 Å². The van der Waals surface area contributed by atoms with Crippen molar-refractivity contribution in [3.05, 3.63) is 69.8 Å². The Balaban J connectivity index is 2.25. The van der Waals surface area contributed by atoms with Crippen LogP contribution < -0.4 is 5.32 Å². The third kappa shape index (κ3) is 3.32. The van der Waals surface area contributed by atoms with E-state index in [-0.39, 0.29) is 11.5 Å². The topological polar surface area (TPSA) is 29.1 Å². The summed E-state index contributed by atoms with van der Waals surface area (Å²) in [6, 6.07) is 6.68. The van der Waals surface area contributed by atoms with E-state index in [4.69, 9.17) is 0 Å². The summed E-state index contributed by atoms with van der Waals surface area (Å²) in [5.74, 6) is -1.55. The molecule has 0 aliphatic heterocycles. The second kappa shape index (κ2) is 6.26. The lowest BCUT2D eigenvalue weighted by Gasteiger charge is -2.17. The minimum atomic E-state index is -0.662. The highest BCUT2D eigenvalue weighted by atomic mass is 19.1. The molecule has 0 heterocycles. The Morgan fingerprint density at radius 1 is 1.05 bits per heavy atom. The predicted molar refractivity (Wildman–Crippen MR) is 82.9 cm³/mol. The SMILES string of the molecule is Cc1cc(C)c(C(=O)NC(C)c2ccc(F)cc2F)c(C)c1. The van der Waals surface area contributed by atoms with Gasteiger partial charge < -0.3 is 5.32 Å². The predicted octanol–water partition coefficient (Wildman–Crippen LogP) is 4.38. The van der Waals surface area contributed by atoms with Gasteiger partial charge in [0.1, 0.15) is 11.6 Å². The lowest BCUT2D eigenvalue weighted by molar-refractivity contribution is 0.0938. The number of amides is 1. The molecule has 0 spiro atoms. The Kier molecular flexibility index (Phi) is 4.59. The molecule has 1 unspecified atom stereocenters. The van der Waals surface area contributed by atoms with E-state index in [1.165, 1.54) is 12.1 Å². The summed E-state index contributed by atoms with van der Waals surface area (Å²) < 4.78 is 26.7. The van der Waals surface area contributed by atoms with E-state index in [0.717, 1.165) is 22.8 Å². The molecule has 4 heteroatoms. The molecule has 2 nitrogen and oxygen atoms in total. The van der Waals surface area contributed by atoms with E-state index in [9.17, 15) is 13.6 Å². The first kappa shape index (κ1) is 16.1. The molecular weight excluding hydrogens is 284 g/mol. The molecule has 0 saturated heterocycles. The lowest BCUT2D eigenvalue weighted by Crippen LogP contribution is -2.28. The molecule has 0 radical (unpaired) electrons. The second-order valence-electron chi connectivity index (χ2n) is 5.63. The van der Waals surface area contributed by atoms with E-state index in [0.29, 0.717) is 5.56 Å². The molecule has 0 aliphatic carbocycles. The van der Waals surface area contributed by atoms with Gasteiger partial charge in [0.15, 0.2) is 0 Å². The molecule has 0 saturated carbocycles. The number of nitrogens with one attached hydrogen (secondary N) is 1. The van der Waals surface area contributed by atoms with Crippen molar-refractivity contribution in [2.75, 3.05) is 0 Å². The van der Waals surface area contributed by atoms with Crippen LogP contribution in [0.5, 0.6) is 0 Å². The van der Waals surface area contributed by atoms with Crippen molar-refractivity contribution in [1.29, 1.82) is 0 Å². The zero-order valence-electron chi connectivity index (χ0n) is 13.1. The van der Waals surface area contributed by atoms with E-state index in [1.54, 1.807) is 6.92 Å². The second-order valence-corrected chi connectivity index (χ2v) is 5.63. The van der Waals surface area contributed by atoms with Crippen LogP contribution in [0, 0.1) is 32.4 Å². The van der Waals surface area contributed by atoms with Gasteiger partial charge in [-0.05, 0) is 44.9 Å². The summed E-state index contributed by atoms with van der Waals surface area (Å²) in [5, 5.41) is 2.77. The summed E-state index contributed by atoms with van der Waals surface area (Å²) >= 11 is 0. The van der Waals surface area contributed by atoms with Gasteiger partial charge >= 0.3 is 0 Å². The Bertz CT molecular complexity index is 702. The third-order valence-electron chi connectivity index (χ3n) is 3.68. The number of aryl methyl sites for hydroxylation is 3. The Hall–Kier alpha value is -2.23. The average Bonchev–Trinajstić information content (AvgIpc) is 2.36. The van der Waals surface area contributed by atoms with Gasteiger partial charge in [-0.1, -0.05) is 23.8 Å². The molecule has 1 N–H and O–H groups in total. The molecule has 0 fully saturated rings. The fraction of sp³-hybridized carbons (Fsp3) is 0.278. The quantitative estimate of drug-likeness (QED) is 0.895. The molecule has 2 aromatic carbocycles. The number of hydrogen-bond donors (Lipinski definition) is 1. The van der Waals surface area contributed by atoms with Crippen molar-refractivity contribution in [1.82, 2.24) is 5.32 Å². The molecule has 1 atom stereocenters. The van der Waals surface area contributed by atoms with Gasteiger partial charge in [-0.15, -0.1) is 0 Å². The van der Waals surface area contributed by atoms with Gasteiger partial charge in [0, 0.05) is 17.2 Å². The van der Waals surface area contributed by atoms with Crippen LogP contribution >= 0.6 is 0 Å². The van der Waals surface area contributed by atoms with E-state index in [2.05, 4.69) is 5.32 Å². The monoisotopic (exact) mass is 303 g/mol. The van der Waals surface area contributed by atoms with Crippen molar-refractivity contribution in [2.24, 2.45) is 0 Å². The Morgan fingerprint density at radius 2 is 1.64 bits per heavy atom. The van der Waals surface area contributed by atoms with Crippen LogP contribution in [-0.2, 0) is 0 Å². The maximum absolute atomic E-state index is 13.8. The van der Waals surface area contributed by atoms with E-state index in [1.807, 2.05) is 32.9 Å². The zero-order chi connectivity index (χ0) is 16.4. The van der Waals surface area contributed by atoms with Gasteiger partial charge in [0.2, 0.25) is 0 Å². The number of carbonyl (C=O) groups is 1. The van der Waals surface area contributed by atoms with Crippen LogP contribution in [0.25, 0.3) is 0 Å². The average molecular weight is 303 g/mol. The number of benzene rings is 2. The van der Waals surface area contributed by atoms with Gasteiger partial charge in [-0.25, -0.2) is 8.78 Å². The fourth-order valence-electron chi connectivity index (χ4n) is 2.74. The largest absolute Gasteiger partial charge is 0.345 e. The van der Waals surface area contributed by atoms with Crippen LogP contribution in [0.3, 0.4) is 0 Å². The van der Waals surface area contributed by atoms with Crippen LogP contribution in [0.2, 0.25) is 0 Å². The fourth-order valence-corrected chi connectivity index (χ4v) is 2.74. The number of rotatable bonds is 3. The van der Waals surface area contributed by atoms with Crippen molar-refractivity contribution >= 4 is 5.91 Å². The first-order valence-electron chi connectivity index (χ1n) is 7.13. The van der Waals surface area contributed by atoms with Crippen molar-refractivity contribution < 1.29 is 13.6 Å². The van der Waals surface area contributed by atoms with Crippen molar-refractivity contribution in [2.45, 2.75) is 33.7 Å². The van der Waals surface area contributed by atoms with Crippen LogP contribution in [-0.4, -0.2) is 5.91 Å². The molecule has 2 aromatic rings. The van der Waals surface area contributed by atoms with Gasteiger partial charge in [0.25, 0.3) is 5.91 Å². The highest BCUT2D eigenvalue weighted by molar-refractivity contribution is 5.97. The molecule has 22 heavy (non-hydrogen) atoms. The van der Waals surface area contributed by atoms with Crippen LogP contribution in [0.15, 0.2) is 30.3 Å². The maximum Gasteiger partial charge on any atom is 0.252 e. The van der Waals surface area contributed by atoms with E-state index < -0.39 is 17.7 Å². The van der Waals surface area contributed by atoms with Crippen LogP contribution in [0.4, 0.5) is 8.78 Å². The van der Waals surface area contributed by atoms with Crippen LogP contribution in [0.1, 0.15) is 45.6 Å². The third-order valence-corrected chi connectivity index (χ3v) is 3.68. The summed E-state index contributed by atoms with van der Waals surface area (Å²) in [4.78, 5) is 12.5. The molecule has 116 valence electrons. The molecule has 0 aromatic heterocycles. The normalized spacial score (nSPS) is 12.1. The summed E-state index contributed by atoms with van der Waals surface area (Å²) in [6.07, 6.45) is 0. The molecule has 0 aliphatic rings. The molecule has 2 rings (SSSR count). The smallest absolute Gasteiger partial charge is 0.252 e. The van der Waals surface area contributed by atoms with E-state index >= 15 is 0 Å². The molecular formula is C18H19F2NO. The lowest BCUT2D eigenvalue weighted by atomic mass is 9.98. The van der Waals surface area contributed by atoms with Gasteiger partial charge in [0.05, 0.1) is 6.04 Å². The summed E-state index contributed by atoms with van der Waals surface area (Å²) in [7, 11) is 0. The molecule has 1 amide bonds. The van der Waals surface area contributed by atoms with Gasteiger partial charge in [-0.3, -0.25) is 4.79 Å². The molecule has 0 bridgehead atoms. The maximum atomic E-state index is 13.8. The van der Waals surface area contributed by atoms with Gasteiger partial charge in [-0.2, -0.15) is 0 Å². The number of hydrogen-bond acceptors (Lipinski definition) is 1. The first-order valence-corrected chi connectivity index (χ1v) is 7.13. The number of halogens is 2. The zero-order valence-corrected chi connectivity index (χ0v) is 13.1. The Labute approximate surface area is 129 Å². The summed E-state index contributed by atoms with van der Waals surface area (Å²) in [5.41, 5.74) is 3.70. The van der Waals surface area contributed by atoms with Crippen molar-refractivity contribution in [3.8, 4) is 0 Å². The Morgan fingerprint density at radius 3 is 2.18 bits per heavy atom. The summed E-state index contributed by atoms with van der Waals surface area (Å²) in [6.45, 7) is 7.39.